The van der Waals surface area contributed by atoms with Crippen molar-refractivity contribution >= 4 is 5.69 Å². The average Bonchev–Trinajstić information content (AvgIpc) is 2.61. The Balaban J connectivity index is 1.56. The summed E-state index contributed by atoms with van der Waals surface area (Å²) in [7, 11) is 0. The number of rotatable bonds is 4. The Bertz CT molecular complexity index is 647. The molecule has 2 aromatic carbocycles. The van der Waals surface area contributed by atoms with Crippen molar-refractivity contribution in [2.24, 2.45) is 0 Å². The number of benzene rings is 2. The molecule has 0 saturated carbocycles. The quantitative estimate of drug-likeness (QED) is 0.886. The highest BCUT2D eigenvalue weighted by Crippen LogP contribution is 2.29. The fourth-order valence-electron chi connectivity index (χ4n) is 2.61. The van der Waals surface area contributed by atoms with Crippen LogP contribution in [0.2, 0.25) is 0 Å². The first-order chi connectivity index (χ1) is 11.5. The number of hydrogen-bond donors (Lipinski definition) is 2. The first kappa shape index (κ1) is 16.8. The van der Waals surface area contributed by atoms with E-state index < -0.39 is 11.7 Å². The lowest BCUT2D eigenvalue weighted by Crippen LogP contribution is -2.33. The van der Waals surface area contributed by atoms with Gasteiger partial charge in [-0.1, -0.05) is 24.3 Å². The van der Waals surface area contributed by atoms with Crippen molar-refractivity contribution in [3.05, 3.63) is 65.2 Å². The van der Waals surface area contributed by atoms with Gasteiger partial charge in [0.15, 0.2) is 0 Å². The van der Waals surface area contributed by atoms with E-state index in [9.17, 15) is 13.2 Å². The lowest BCUT2D eigenvalue weighted by atomic mass is 10.1. The monoisotopic (exact) mass is 336 g/mol. The molecule has 0 aliphatic carbocycles. The molecule has 0 spiro atoms. The molecule has 1 atom stereocenters. The summed E-state index contributed by atoms with van der Waals surface area (Å²) in [5, 5.41) is 6.50. The third kappa shape index (κ3) is 4.27. The second-order valence-corrected chi connectivity index (χ2v) is 5.73. The summed E-state index contributed by atoms with van der Waals surface area (Å²) in [5.41, 5.74) is 2.20. The summed E-state index contributed by atoms with van der Waals surface area (Å²) in [6, 6.07) is 13.1. The van der Waals surface area contributed by atoms with Gasteiger partial charge in [0, 0.05) is 25.3 Å². The normalized spacial score (nSPS) is 18.4. The molecule has 1 aliphatic rings. The molecular formula is C18H19F3N2O. The third-order valence-corrected chi connectivity index (χ3v) is 3.99. The second kappa shape index (κ2) is 7.23. The molecule has 6 heteroatoms. The molecule has 128 valence electrons. The summed E-state index contributed by atoms with van der Waals surface area (Å²) in [5.74, 6) is 0. The van der Waals surface area contributed by atoms with Gasteiger partial charge >= 0.3 is 6.18 Å². The van der Waals surface area contributed by atoms with E-state index in [1.54, 1.807) is 0 Å². The Morgan fingerprint density at radius 1 is 1.04 bits per heavy atom. The molecule has 2 aromatic rings. The molecule has 24 heavy (non-hydrogen) atoms. The van der Waals surface area contributed by atoms with Gasteiger partial charge in [0.25, 0.3) is 0 Å². The molecular weight excluding hydrogens is 317 g/mol. The van der Waals surface area contributed by atoms with Gasteiger partial charge in [-0.15, -0.1) is 0 Å². The lowest BCUT2D eigenvalue weighted by molar-refractivity contribution is -0.137. The van der Waals surface area contributed by atoms with Crippen molar-refractivity contribution in [1.82, 2.24) is 5.32 Å². The predicted molar refractivity (Wildman–Crippen MR) is 86.8 cm³/mol. The highest BCUT2D eigenvalue weighted by molar-refractivity contribution is 5.45. The van der Waals surface area contributed by atoms with Gasteiger partial charge in [-0.3, -0.25) is 0 Å². The Hall–Kier alpha value is -2.05. The third-order valence-electron chi connectivity index (χ3n) is 3.99. The van der Waals surface area contributed by atoms with Gasteiger partial charge in [0.05, 0.1) is 18.3 Å². The van der Waals surface area contributed by atoms with Crippen LogP contribution in [0, 0.1) is 0 Å². The molecule has 1 saturated heterocycles. The smallest absolute Gasteiger partial charge is 0.381 e. The van der Waals surface area contributed by atoms with E-state index in [-0.39, 0.29) is 6.10 Å². The molecule has 1 heterocycles. The fourth-order valence-corrected chi connectivity index (χ4v) is 2.61. The number of ether oxygens (including phenoxy) is 1. The van der Waals surface area contributed by atoms with Crippen LogP contribution in [-0.2, 0) is 17.5 Å². The van der Waals surface area contributed by atoms with Crippen LogP contribution in [0.5, 0.6) is 0 Å². The van der Waals surface area contributed by atoms with Gasteiger partial charge in [0.1, 0.15) is 0 Å². The number of alkyl halides is 3. The molecule has 0 radical (unpaired) electrons. The molecule has 1 unspecified atom stereocenters. The molecule has 2 N–H and O–H groups in total. The van der Waals surface area contributed by atoms with Gasteiger partial charge in [-0.05, 0) is 35.4 Å². The van der Waals surface area contributed by atoms with Crippen molar-refractivity contribution in [2.45, 2.75) is 18.8 Å². The molecule has 0 bridgehead atoms. The van der Waals surface area contributed by atoms with Crippen LogP contribution in [0.25, 0.3) is 0 Å². The Kier molecular flexibility index (Phi) is 5.06. The lowest BCUT2D eigenvalue weighted by Gasteiger charge is -2.24. The van der Waals surface area contributed by atoms with Crippen molar-refractivity contribution in [3.63, 3.8) is 0 Å². The van der Waals surface area contributed by atoms with Crippen molar-refractivity contribution in [3.8, 4) is 0 Å². The summed E-state index contributed by atoms with van der Waals surface area (Å²) in [6.07, 6.45) is -4.22. The predicted octanol–water partition coefficient (Wildman–Crippen LogP) is 3.98. The molecule has 3 nitrogen and oxygen atoms in total. The number of morpholine rings is 1. The van der Waals surface area contributed by atoms with Crippen molar-refractivity contribution < 1.29 is 17.9 Å². The molecule has 3 rings (SSSR count). The first-order valence-corrected chi connectivity index (χ1v) is 7.85. The van der Waals surface area contributed by atoms with Crippen LogP contribution in [-0.4, -0.2) is 19.7 Å². The topological polar surface area (TPSA) is 33.3 Å². The Labute approximate surface area is 138 Å². The van der Waals surface area contributed by atoms with Gasteiger partial charge in [-0.25, -0.2) is 0 Å². The minimum Gasteiger partial charge on any atom is -0.381 e. The minimum atomic E-state index is -4.29. The molecule has 0 aromatic heterocycles. The highest BCUT2D eigenvalue weighted by atomic mass is 19.4. The zero-order valence-electron chi connectivity index (χ0n) is 13.1. The zero-order valence-corrected chi connectivity index (χ0v) is 13.1. The maximum atomic E-state index is 12.5. The maximum absolute atomic E-state index is 12.5. The minimum absolute atomic E-state index is 0.0720. The highest BCUT2D eigenvalue weighted by Gasteiger charge is 2.29. The average molecular weight is 336 g/mol. The number of nitrogens with one attached hydrogen (secondary N) is 2. The summed E-state index contributed by atoms with van der Waals surface area (Å²) in [6.45, 7) is 2.86. The van der Waals surface area contributed by atoms with Gasteiger partial charge < -0.3 is 15.4 Å². The van der Waals surface area contributed by atoms with E-state index in [0.29, 0.717) is 13.2 Å². The Morgan fingerprint density at radius 2 is 1.75 bits per heavy atom. The van der Waals surface area contributed by atoms with Crippen molar-refractivity contribution in [2.75, 3.05) is 25.0 Å². The standard InChI is InChI=1S/C18H19F3N2O/c19-18(20,21)15-5-1-13(2-6-15)11-23-16-7-3-14(4-8-16)17-12-22-9-10-24-17/h1-8,17,22-23H,9-12H2. The second-order valence-electron chi connectivity index (χ2n) is 5.73. The van der Waals surface area contributed by atoms with E-state index in [2.05, 4.69) is 10.6 Å². The van der Waals surface area contributed by atoms with E-state index in [0.717, 1.165) is 42.0 Å². The molecule has 1 aliphatic heterocycles. The summed E-state index contributed by atoms with van der Waals surface area (Å²) < 4.78 is 43.3. The molecule has 0 amide bonds. The number of anilines is 1. The van der Waals surface area contributed by atoms with Crippen LogP contribution in [0.1, 0.15) is 22.8 Å². The number of hydrogen-bond acceptors (Lipinski definition) is 3. The van der Waals surface area contributed by atoms with E-state index in [4.69, 9.17) is 4.74 Å². The fraction of sp³-hybridized carbons (Fsp3) is 0.333. The SMILES string of the molecule is FC(F)(F)c1ccc(CNc2ccc(C3CNCCO3)cc2)cc1. The Morgan fingerprint density at radius 3 is 2.33 bits per heavy atom. The van der Waals surface area contributed by atoms with Crippen LogP contribution >= 0.6 is 0 Å². The maximum Gasteiger partial charge on any atom is 0.416 e. The van der Waals surface area contributed by atoms with Gasteiger partial charge in [-0.2, -0.15) is 13.2 Å². The number of halogens is 3. The van der Waals surface area contributed by atoms with E-state index in [1.807, 2.05) is 24.3 Å². The van der Waals surface area contributed by atoms with Crippen molar-refractivity contribution in [1.29, 1.82) is 0 Å². The zero-order chi connectivity index (χ0) is 17.0. The van der Waals surface area contributed by atoms with Crippen LogP contribution in [0.3, 0.4) is 0 Å². The van der Waals surface area contributed by atoms with Crippen LogP contribution < -0.4 is 10.6 Å². The summed E-state index contributed by atoms with van der Waals surface area (Å²) >= 11 is 0. The first-order valence-electron chi connectivity index (χ1n) is 7.85. The van der Waals surface area contributed by atoms with E-state index in [1.165, 1.54) is 12.1 Å². The van der Waals surface area contributed by atoms with Gasteiger partial charge in [0.2, 0.25) is 0 Å². The largest absolute Gasteiger partial charge is 0.416 e. The molecule has 1 fully saturated rings. The summed E-state index contributed by atoms with van der Waals surface area (Å²) in [4.78, 5) is 0. The van der Waals surface area contributed by atoms with E-state index >= 15 is 0 Å². The van der Waals surface area contributed by atoms with Crippen LogP contribution in [0.4, 0.5) is 18.9 Å². The van der Waals surface area contributed by atoms with Crippen LogP contribution in [0.15, 0.2) is 48.5 Å².